The number of carbonyl (C=O) groups excluding carboxylic acids is 1. The summed E-state index contributed by atoms with van der Waals surface area (Å²) in [7, 11) is 1.23. The highest BCUT2D eigenvalue weighted by Gasteiger charge is 2.27. The Hall–Kier alpha value is -3.55. The molecule has 0 aliphatic carbocycles. The maximum atomic E-state index is 13.0. The number of esters is 1. The zero-order valence-corrected chi connectivity index (χ0v) is 17.2. The second-order valence-electron chi connectivity index (χ2n) is 7.02. The van der Waals surface area contributed by atoms with Gasteiger partial charge in [0.15, 0.2) is 0 Å². The molecule has 0 amide bonds. The van der Waals surface area contributed by atoms with Crippen LogP contribution in [0.2, 0.25) is 0 Å². The van der Waals surface area contributed by atoms with E-state index < -0.39 is 30.0 Å². The summed E-state index contributed by atoms with van der Waals surface area (Å²) in [5.74, 6) is -2.33. The van der Waals surface area contributed by atoms with E-state index in [9.17, 15) is 19.5 Å². The van der Waals surface area contributed by atoms with Crippen LogP contribution in [0.5, 0.6) is 11.5 Å². The smallest absolute Gasteiger partial charge is 0.323 e. The molecule has 1 atom stereocenters. The lowest BCUT2D eigenvalue weighted by atomic mass is 9.88. The second-order valence-corrected chi connectivity index (χ2v) is 7.02. The van der Waals surface area contributed by atoms with E-state index in [1.54, 1.807) is 24.3 Å². The van der Waals surface area contributed by atoms with Gasteiger partial charge < -0.3 is 24.3 Å². The number of hydrogen-bond acceptors (Lipinski definition) is 6. The summed E-state index contributed by atoms with van der Waals surface area (Å²) in [5, 5.41) is 19.6. The largest absolute Gasteiger partial charge is 0.507 e. The zero-order valence-electron chi connectivity index (χ0n) is 17.2. The van der Waals surface area contributed by atoms with Gasteiger partial charge in [-0.05, 0) is 43.2 Å². The first-order valence-corrected chi connectivity index (χ1v) is 9.23. The van der Waals surface area contributed by atoms with Crippen LogP contribution in [0.25, 0.3) is 0 Å². The quantitative estimate of drug-likeness (QED) is 0.478. The Morgan fingerprint density at radius 1 is 1.23 bits per heavy atom. The molecule has 0 fully saturated rings. The molecule has 0 aliphatic rings. The molecular formula is C22H25NO7. The summed E-state index contributed by atoms with van der Waals surface area (Å²) in [6.45, 7) is 6.92. The molecule has 1 unspecified atom stereocenters. The van der Waals surface area contributed by atoms with Crippen molar-refractivity contribution >= 4 is 11.9 Å². The van der Waals surface area contributed by atoms with E-state index in [1.807, 2.05) is 6.92 Å². The number of pyridine rings is 1. The molecule has 1 aromatic heterocycles. The van der Waals surface area contributed by atoms with Gasteiger partial charge in [-0.25, -0.2) is 0 Å². The van der Waals surface area contributed by atoms with Gasteiger partial charge in [0.05, 0.1) is 19.1 Å². The first kappa shape index (κ1) is 22.7. The third-order valence-corrected chi connectivity index (χ3v) is 4.53. The number of aryl methyl sites for hydroxylation is 1. The molecule has 0 saturated carbocycles. The molecule has 8 heteroatoms. The molecule has 0 aliphatic heterocycles. The second kappa shape index (κ2) is 9.78. The van der Waals surface area contributed by atoms with Crippen LogP contribution in [-0.2, 0) is 20.9 Å². The number of carboxylic acids is 1. The summed E-state index contributed by atoms with van der Waals surface area (Å²) in [4.78, 5) is 36.2. The van der Waals surface area contributed by atoms with E-state index >= 15 is 0 Å². The van der Waals surface area contributed by atoms with Gasteiger partial charge in [0.2, 0.25) is 0 Å². The predicted octanol–water partition coefficient (Wildman–Crippen LogP) is 2.60. The fourth-order valence-electron chi connectivity index (χ4n) is 3.07. The summed E-state index contributed by atoms with van der Waals surface area (Å²) in [6.07, 6.45) is -0.207. The van der Waals surface area contributed by atoms with Crippen LogP contribution >= 0.6 is 0 Å². The third kappa shape index (κ3) is 5.50. The number of rotatable bonds is 9. The van der Waals surface area contributed by atoms with E-state index in [0.29, 0.717) is 23.6 Å². The van der Waals surface area contributed by atoms with Gasteiger partial charge in [0.1, 0.15) is 24.7 Å². The molecular weight excluding hydrogens is 390 g/mol. The van der Waals surface area contributed by atoms with Crippen LogP contribution in [0.15, 0.2) is 47.3 Å². The number of hydrogen-bond donors (Lipinski definition) is 2. The van der Waals surface area contributed by atoms with Gasteiger partial charge in [0, 0.05) is 11.6 Å². The number of methoxy groups -OCH3 is 1. The summed E-state index contributed by atoms with van der Waals surface area (Å²) >= 11 is 0. The lowest BCUT2D eigenvalue weighted by molar-refractivity contribution is -0.141. The first-order chi connectivity index (χ1) is 14.1. The van der Waals surface area contributed by atoms with Gasteiger partial charge in [-0.3, -0.25) is 14.4 Å². The van der Waals surface area contributed by atoms with Crippen molar-refractivity contribution in [3.05, 3.63) is 69.7 Å². The topological polar surface area (TPSA) is 115 Å². The Morgan fingerprint density at radius 2 is 1.87 bits per heavy atom. The zero-order chi connectivity index (χ0) is 22.4. The van der Waals surface area contributed by atoms with E-state index in [4.69, 9.17) is 14.6 Å². The van der Waals surface area contributed by atoms with E-state index in [-0.39, 0.29) is 17.7 Å². The van der Waals surface area contributed by atoms with Crippen LogP contribution in [-0.4, -0.2) is 40.4 Å². The van der Waals surface area contributed by atoms with Crippen molar-refractivity contribution in [2.75, 3.05) is 13.7 Å². The Bertz CT molecular complexity index is 1010. The minimum Gasteiger partial charge on any atom is -0.507 e. The SMILES string of the molecule is C=C(C)COc1ccc(C(CC(=O)OC)c2c(O)cc(C)n(CC(=O)O)c2=O)cc1. The Balaban J connectivity index is 2.55. The van der Waals surface area contributed by atoms with Crippen molar-refractivity contribution < 1.29 is 29.3 Å². The predicted molar refractivity (Wildman–Crippen MR) is 110 cm³/mol. The van der Waals surface area contributed by atoms with E-state index in [2.05, 4.69) is 6.58 Å². The summed E-state index contributed by atoms with van der Waals surface area (Å²) < 4.78 is 11.4. The van der Waals surface area contributed by atoms with Gasteiger partial charge >= 0.3 is 11.9 Å². The molecule has 0 bridgehead atoms. The maximum Gasteiger partial charge on any atom is 0.323 e. The minimum atomic E-state index is -1.19. The Morgan fingerprint density at radius 3 is 2.40 bits per heavy atom. The summed E-state index contributed by atoms with van der Waals surface area (Å²) in [6, 6.07) is 8.05. The Labute approximate surface area is 174 Å². The molecule has 2 rings (SSSR count). The molecule has 160 valence electrons. The van der Waals surface area contributed by atoms with Crippen LogP contribution in [0.3, 0.4) is 0 Å². The van der Waals surface area contributed by atoms with Crippen molar-refractivity contribution in [1.82, 2.24) is 4.57 Å². The standard InChI is InChI=1S/C22H25NO7/c1-13(2)12-30-16-7-5-15(6-8-16)17(10-20(27)29-4)21-18(24)9-14(3)23(22(21)28)11-19(25)26/h5-9,17,24H,1,10-12H2,2-4H3,(H,25,26). The van der Waals surface area contributed by atoms with Gasteiger partial charge in [-0.15, -0.1) is 0 Å². The normalized spacial score (nSPS) is 11.6. The number of carbonyl (C=O) groups is 2. The first-order valence-electron chi connectivity index (χ1n) is 9.23. The monoisotopic (exact) mass is 415 g/mol. The molecule has 2 N–H and O–H groups in total. The van der Waals surface area contributed by atoms with Gasteiger partial charge in [-0.2, -0.15) is 0 Å². The van der Waals surface area contributed by atoms with Crippen LogP contribution in [0, 0.1) is 6.92 Å². The number of aromatic hydroxyl groups is 1. The highest BCUT2D eigenvalue weighted by atomic mass is 16.5. The molecule has 0 spiro atoms. The fraction of sp³-hybridized carbons (Fsp3) is 0.318. The van der Waals surface area contributed by atoms with Crippen molar-refractivity contribution in [2.45, 2.75) is 32.7 Å². The molecule has 2 aromatic rings. The van der Waals surface area contributed by atoms with Gasteiger partial charge in [0.25, 0.3) is 5.56 Å². The molecule has 1 heterocycles. The number of carboxylic acid groups (broad SMARTS) is 1. The highest BCUT2D eigenvalue weighted by molar-refractivity contribution is 5.71. The highest BCUT2D eigenvalue weighted by Crippen LogP contribution is 2.33. The summed E-state index contributed by atoms with van der Waals surface area (Å²) in [5.41, 5.74) is 0.977. The molecule has 1 aromatic carbocycles. The van der Waals surface area contributed by atoms with Crippen molar-refractivity contribution in [1.29, 1.82) is 0 Å². The van der Waals surface area contributed by atoms with Crippen LogP contribution < -0.4 is 10.3 Å². The lowest BCUT2D eigenvalue weighted by Gasteiger charge is -2.20. The van der Waals surface area contributed by atoms with Crippen molar-refractivity contribution in [3.63, 3.8) is 0 Å². The van der Waals surface area contributed by atoms with Crippen molar-refractivity contribution in [3.8, 4) is 11.5 Å². The maximum absolute atomic E-state index is 13.0. The Kier molecular flexibility index (Phi) is 7.41. The molecule has 30 heavy (non-hydrogen) atoms. The van der Waals surface area contributed by atoms with Gasteiger partial charge in [-0.1, -0.05) is 18.7 Å². The average Bonchev–Trinajstić information content (AvgIpc) is 2.68. The average molecular weight is 415 g/mol. The van der Waals surface area contributed by atoms with Crippen LogP contribution in [0.4, 0.5) is 0 Å². The molecule has 8 nitrogen and oxygen atoms in total. The number of nitrogens with zero attached hydrogens (tertiary/aromatic N) is 1. The number of aliphatic carboxylic acids is 1. The number of aromatic nitrogens is 1. The number of ether oxygens (including phenoxy) is 2. The lowest BCUT2D eigenvalue weighted by Crippen LogP contribution is -2.30. The molecule has 0 radical (unpaired) electrons. The third-order valence-electron chi connectivity index (χ3n) is 4.53. The minimum absolute atomic E-state index is 0.0668. The number of benzene rings is 1. The molecule has 0 saturated heterocycles. The van der Waals surface area contributed by atoms with Crippen molar-refractivity contribution in [2.24, 2.45) is 0 Å². The fourth-order valence-corrected chi connectivity index (χ4v) is 3.07. The van der Waals surface area contributed by atoms with Crippen LogP contribution in [0.1, 0.15) is 36.1 Å². The van der Waals surface area contributed by atoms with E-state index in [1.165, 1.54) is 20.1 Å². The van der Waals surface area contributed by atoms with E-state index in [0.717, 1.165) is 10.1 Å².